The zero-order chi connectivity index (χ0) is 13.9. The Labute approximate surface area is 114 Å². The number of rotatable bonds is 4. The molecule has 0 amide bonds. The van der Waals surface area contributed by atoms with E-state index in [4.69, 9.17) is 5.73 Å². The zero-order valence-electron chi connectivity index (χ0n) is 10.8. The molecule has 4 heteroatoms. The highest BCUT2D eigenvalue weighted by Gasteiger charge is 2.13. The van der Waals surface area contributed by atoms with E-state index in [2.05, 4.69) is 0 Å². The zero-order valence-corrected chi connectivity index (χ0v) is 11.7. The Morgan fingerprint density at radius 2 is 1.53 bits per heavy atom. The van der Waals surface area contributed by atoms with Crippen LogP contribution < -0.4 is 5.73 Å². The lowest BCUT2D eigenvalue weighted by Crippen LogP contribution is -2.09. The molecule has 0 aliphatic rings. The highest BCUT2D eigenvalue weighted by atomic mass is 32.2. The molecule has 0 saturated carbocycles. The molecule has 0 bridgehead atoms. The molecule has 0 aliphatic heterocycles. The summed E-state index contributed by atoms with van der Waals surface area (Å²) in [6.07, 6.45) is 0.497. The van der Waals surface area contributed by atoms with Crippen LogP contribution in [0.15, 0.2) is 53.4 Å². The lowest BCUT2D eigenvalue weighted by atomic mass is 10.2. The molecule has 0 aliphatic carbocycles. The molecular weight excluding hydrogens is 258 g/mol. The van der Waals surface area contributed by atoms with Crippen molar-refractivity contribution in [3.05, 3.63) is 59.7 Å². The highest BCUT2D eigenvalue weighted by Crippen LogP contribution is 2.14. The third-order valence-corrected chi connectivity index (χ3v) is 4.75. The van der Waals surface area contributed by atoms with Gasteiger partial charge in [-0.25, -0.2) is 8.42 Å². The monoisotopic (exact) mass is 275 g/mol. The van der Waals surface area contributed by atoms with E-state index in [-0.39, 0.29) is 5.75 Å². The Morgan fingerprint density at radius 1 is 0.947 bits per heavy atom. The topological polar surface area (TPSA) is 60.2 Å². The minimum atomic E-state index is -3.22. The lowest BCUT2D eigenvalue weighted by molar-refractivity contribution is 0.595. The Hall–Kier alpha value is -1.81. The minimum absolute atomic E-state index is 0.111. The summed E-state index contributed by atoms with van der Waals surface area (Å²) < 4.78 is 24.3. The van der Waals surface area contributed by atoms with Crippen LogP contribution in [-0.2, 0) is 16.3 Å². The number of nitrogen functional groups attached to an aromatic ring is 1. The van der Waals surface area contributed by atoms with Crippen molar-refractivity contribution in [3.63, 3.8) is 0 Å². The first-order chi connectivity index (χ1) is 8.97. The second-order valence-corrected chi connectivity index (χ2v) is 6.73. The molecule has 2 rings (SSSR count). The quantitative estimate of drug-likeness (QED) is 0.872. The van der Waals surface area contributed by atoms with Crippen LogP contribution >= 0.6 is 0 Å². The van der Waals surface area contributed by atoms with Crippen molar-refractivity contribution in [2.75, 3.05) is 11.5 Å². The molecule has 3 nitrogen and oxygen atoms in total. The molecule has 0 atom stereocenters. The summed E-state index contributed by atoms with van der Waals surface area (Å²) in [6.45, 7) is 1.94. The third kappa shape index (κ3) is 3.58. The van der Waals surface area contributed by atoms with Crippen molar-refractivity contribution >= 4 is 15.5 Å². The average Bonchev–Trinajstić information content (AvgIpc) is 2.39. The number of sulfone groups is 1. The SMILES string of the molecule is Cc1ccc(S(=O)(=O)CCc2ccc(N)cc2)cc1. The summed E-state index contributed by atoms with van der Waals surface area (Å²) in [7, 11) is -3.22. The summed E-state index contributed by atoms with van der Waals surface area (Å²) in [5.74, 6) is 0.111. The molecule has 100 valence electrons. The van der Waals surface area contributed by atoms with E-state index in [1.807, 2.05) is 31.2 Å². The first kappa shape index (κ1) is 13.6. The molecule has 2 aromatic carbocycles. The standard InChI is InChI=1S/C15H17NO2S/c1-12-2-8-15(9-3-12)19(17,18)11-10-13-4-6-14(16)7-5-13/h2-9H,10-11,16H2,1H3. The number of aryl methyl sites for hydroxylation is 2. The lowest BCUT2D eigenvalue weighted by Gasteiger charge is -2.05. The van der Waals surface area contributed by atoms with E-state index in [0.29, 0.717) is 17.0 Å². The molecule has 0 heterocycles. The Morgan fingerprint density at radius 3 is 2.11 bits per heavy atom. The van der Waals surface area contributed by atoms with Gasteiger partial charge in [-0.05, 0) is 43.2 Å². The molecule has 0 fully saturated rings. The van der Waals surface area contributed by atoms with Crippen molar-refractivity contribution in [1.29, 1.82) is 0 Å². The maximum absolute atomic E-state index is 12.2. The molecule has 0 saturated heterocycles. The second kappa shape index (κ2) is 5.45. The smallest absolute Gasteiger partial charge is 0.178 e. The fraction of sp³-hybridized carbons (Fsp3) is 0.200. The number of nitrogens with two attached hydrogens (primary N) is 1. The van der Waals surface area contributed by atoms with E-state index >= 15 is 0 Å². The fourth-order valence-electron chi connectivity index (χ4n) is 1.80. The van der Waals surface area contributed by atoms with Crippen LogP contribution in [0.3, 0.4) is 0 Å². The van der Waals surface area contributed by atoms with Gasteiger partial charge in [0, 0.05) is 5.69 Å². The number of hydrogen-bond acceptors (Lipinski definition) is 3. The van der Waals surface area contributed by atoms with Crippen LogP contribution in [0.2, 0.25) is 0 Å². The Bertz CT molecular complexity index is 644. The van der Waals surface area contributed by atoms with Gasteiger partial charge in [-0.3, -0.25) is 0 Å². The van der Waals surface area contributed by atoms with Gasteiger partial charge >= 0.3 is 0 Å². The van der Waals surface area contributed by atoms with Gasteiger partial charge in [-0.1, -0.05) is 29.8 Å². The van der Waals surface area contributed by atoms with E-state index in [9.17, 15) is 8.42 Å². The van der Waals surface area contributed by atoms with Crippen LogP contribution in [-0.4, -0.2) is 14.2 Å². The van der Waals surface area contributed by atoms with E-state index < -0.39 is 9.84 Å². The molecule has 0 aromatic heterocycles. The molecule has 19 heavy (non-hydrogen) atoms. The summed E-state index contributed by atoms with van der Waals surface area (Å²) >= 11 is 0. The molecule has 0 radical (unpaired) electrons. The van der Waals surface area contributed by atoms with Crippen LogP contribution in [0.5, 0.6) is 0 Å². The van der Waals surface area contributed by atoms with Crippen molar-refractivity contribution in [3.8, 4) is 0 Å². The average molecular weight is 275 g/mol. The van der Waals surface area contributed by atoms with E-state index in [1.54, 1.807) is 24.3 Å². The summed E-state index contributed by atoms with van der Waals surface area (Å²) in [4.78, 5) is 0.383. The van der Waals surface area contributed by atoms with Gasteiger partial charge in [-0.2, -0.15) is 0 Å². The van der Waals surface area contributed by atoms with Gasteiger partial charge in [0.15, 0.2) is 9.84 Å². The Kier molecular flexibility index (Phi) is 3.90. The van der Waals surface area contributed by atoms with Crippen molar-refractivity contribution in [2.24, 2.45) is 0 Å². The first-order valence-corrected chi connectivity index (χ1v) is 7.76. The predicted octanol–water partition coefficient (Wildman–Crippen LogP) is 2.59. The fourth-order valence-corrected chi connectivity index (χ4v) is 3.09. The van der Waals surface area contributed by atoms with Crippen LogP contribution in [0.1, 0.15) is 11.1 Å². The summed E-state index contributed by atoms with van der Waals surface area (Å²) in [6, 6.07) is 14.2. The normalized spacial score (nSPS) is 11.4. The maximum atomic E-state index is 12.2. The molecule has 2 aromatic rings. The Balaban J connectivity index is 2.09. The highest BCUT2D eigenvalue weighted by molar-refractivity contribution is 7.91. The molecule has 0 spiro atoms. The van der Waals surface area contributed by atoms with Crippen LogP contribution in [0.25, 0.3) is 0 Å². The predicted molar refractivity (Wildman–Crippen MR) is 77.8 cm³/mol. The minimum Gasteiger partial charge on any atom is -0.399 e. The van der Waals surface area contributed by atoms with Gasteiger partial charge in [0.2, 0.25) is 0 Å². The van der Waals surface area contributed by atoms with Crippen molar-refractivity contribution < 1.29 is 8.42 Å². The van der Waals surface area contributed by atoms with E-state index in [1.165, 1.54) is 0 Å². The van der Waals surface area contributed by atoms with Crippen LogP contribution in [0, 0.1) is 6.92 Å². The number of anilines is 1. The maximum Gasteiger partial charge on any atom is 0.178 e. The first-order valence-electron chi connectivity index (χ1n) is 6.11. The van der Waals surface area contributed by atoms with Gasteiger partial charge < -0.3 is 5.73 Å². The van der Waals surface area contributed by atoms with Gasteiger partial charge in [-0.15, -0.1) is 0 Å². The van der Waals surface area contributed by atoms with Gasteiger partial charge in [0.1, 0.15) is 0 Å². The number of hydrogen-bond donors (Lipinski definition) is 1. The van der Waals surface area contributed by atoms with E-state index in [0.717, 1.165) is 11.1 Å². The van der Waals surface area contributed by atoms with Gasteiger partial charge in [0.05, 0.1) is 10.6 Å². The third-order valence-electron chi connectivity index (χ3n) is 3.02. The summed E-state index contributed by atoms with van der Waals surface area (Å²) in [5, 5.41) is 0. The second-order valence-electron chi connectivity index (χ2n) is 4.62. The van der Waals surface area contributed by atoms with Crippen LogP contribution in [0.4, 0.5) is 5.69 Å². The van der Waals surface area contributed by atoms with Gasteiger partial charge in [0.25, 0.3) is 0 Å². The number of benzene rings is 2. The van der Waals surface area contributed by atoms with Crippen molar-refractivity contribution in [2.45, 2.75) is 18.2 Å². The molecule has 0 unspecified atom stereocenters. The van der Waals surface area contributed by atoms with Crippen molar-refractivity contribution in [1.82, 2.24) is 0 Å². The molecular formula is C15H17NO2S. The molecule has 2 N–H and O–H groups in total. The largest absolute Gasteiger partial charge is 0.399 e. The summed E-state index contributed by atoms with van der Waals surface area (Å²) in [5.41, 5.74) is 8.31.